The summed E-state index contributed by atoms with van der Waals surface area (Å²) in [4.78, 5) is 38.9. The van der Waals surface area contributed by atoms with E-state index in [0.29, 0.717) is 34.9 Å². The molecule has 8 nitrogen and oxygen atoms in total. The lowest BCUT2D eigenvalue weighted by molar-refractivity contribution is 1.07. The molecule has 4 heterocycles. The van der Waals surface area contributed by atoms with Crippen LogP contribution in [0.1, 0.15) is 0 Å². The fourth-order valence-electron chi connectivity index (χ4n) is 14.0. The number of rotatable bonds is 13. The minimum Gasteiger partial charge on any atom is -0.264 e. The molecular formula is C98H64N8. The fourth-order valence-corrected chi connectivity index (χ4v) is 14.0. The van der Waals surface area contributed by atoms with Crippen molar-refractivity contribution in [3.63, 3.8) is 0 Å². The van der Waals surface area contributed by atoms with Gasteiger partial charge in [-0.2, -0.15) is 0 Å². The van der Waals surface area contributed by atoms with Crippen LogP contribution in [0.4, 0.5) is 0 Å². The van der Waals surface area contributed by atoms with Crippen molar-refractivity contribution in [2.75, 3.05) is 0 Å². The van der Waals surface area contributed by atoms with E-state index < -0.39 is 0 Å². The molecule has 0 aliphatic carbocycles. The van der Waals surface area contributed by atoms with E-state index in [4.69, 9.17) is 34.9 Å². The molecule has 0 aliphatic rings. The highest BCUT2D eigenvalue weighted by atomic mass is 15.0. The predicted molar refractivity (Wildman–Crippen MR) is 436 cm³/mol. The summed E-state index contributed by atoms with van der Waals surface area (Å²) in [6.45, 7) is 0. The van der Waals surface area contributed by atoms with Crippen molar-refractivity contribution in [1.29, 1.82) is 0 Å². The topological polar surface area (TPSA) is 103 Å². The van der Waals surface area contributed by atoms with E-state index in [1.54, 1.807) is 0 Å². The van der Waals surface area contributed by atoms with E-state index in [9.17, 15) is 0 Å². The lowest BCUT2D eigenvalue weighted by Crippen LogP contribution is -2.00. The molecule has 19 rings (SSSR count). The molecule has 0 N–H and O–H groups in total. The molecule has 106 heavy (non-hydrogen) atoms. The van der Waals surface area contributed by atoms with Gasteiger partial charge in [0.25, 0.3) is 0 Å². The molecule has 19 aromatic rings. The van der Waals surface area contributed by atoms with Crippen LogP contribution < -0.4 is 0 Å². The van der Waals surface area contributed by atoms with Crippen LogP contribution in [0.2, 0.25) is 0 Å². The van der Waals surface area contributed by atoms with Crippen LogP contribution in [0.25, 0.3) is 189 Å². The standard InChI is InChI=1S/C52H34N4.C46H30N4/c1-3-7-35(8-4-1)36-19-24-44(25-20-36)51-54-50(43-9-5-2-6-10-43)55-52(56-51)45-26-21-40(22-27-45)38-13-11-37(12-14-38)39-15-17-41(18-16-39)46-29-30-48-47(33-46)28-23-42-31-32-53-34-49(42)48;1-3-12-31(13-4-1)32-23-25-34(26-24-32)45-48-44(33-14-5-2-6-15-33)49-46(50-45)39-19-10-17-36(29-39)35-16-9-18-37(28-35)42-30-38-20-11-27-47-43(38)41-22-8-7-21-40(41)42/h1-34H;1-30H. The molecule has 496 valence electrons. The second kappa shape index (κ2) is 28.6. The maximum absolute atomic E-state index is 5.04. The van der Waals surface area contributed by atoms with Crippen molar-refractivity contribution in [3.05, 3.63) is 389 Å². The van der Waals surface area contributed by atoms with E-state index in [1.165, 1.54) is 65.9 Å². The number of hydrogen-bond acceptors (Lipinski definition) is 8. The zero-order valence-electron chi connectivity index (χ0n) is 57.5. The van der Waals surface area contributed by atoms with E-state index in [1.807, 2.05) is 97.5 Å². The van der Waals surface area contributed by atoms with E-state index in [-0.39, 0.29) is 0 Å². The third-order valence-electron chi connectivity index (χ3n) is 19.6. The SMILES string of the molecule is c1ccc(-c2ccc(-c3nc(-c4ccccc4)nc(-c4ccc(-c5ccc(-c6ccc(-c7ccc8c(ccc9ccncc98)c7)cc6)cc5)cc4)n3)cc2)cc1.c1ccc(-c2ccc(-c3nc(-c4ccccc4)nc(-c4cccc(-c5cccc(-c6cc7cccnc7c7ccccc67)c5)c4)n3)cc2)cc1. The Morgan fingerprint density at radius 3 is 0.962 bits per heavy atom. The van der Waals surface area contributed by atoms with Gasteiger partial charge in [0.05, 0.1) is 5.52 Å². The van der Waals surface area contributed by atoms with E-state index in [2.05, 4.69) is 296 Å². The van der Waals surface area contributed by atoms with E-state index in [0.717, 1.165) is 88.6 Å². The highest BCUT2D eigenvalue weighted by molar-refractivity contribution is 6.12. The molecule has 0 amide bonds. The summed E-state index contributed by atoms with van der Waals surface area (Å²) in [7, 11) is 0. The fraction of sp³-hybridized carbons (Fsp3) is 0. The monoisotopic (exact) mass is 1350 g/mol. The number of aromatic nitrogens is 8. The number of fused-ring (bicyclic) bond motifs is 6. The van der Waals surface area contributed by atoms with Crippen molar-refractivity contribution in [1.82, 2.24) is 39.9 Å². The van der Waals surface area contributed by atoms with Gasteiger partial charge in [0.15, 0.2) is 34.9 Å². The van der Waals surface area contributed by atoms with Gasteiger partial charge in [0.1, 0.15) is 0 Å². The molecule has 0 spiro atoms. The quantitative estimate of drug-likeness (QED) is 0.105. The molecule has 0 bridgehead atoms. The van der Waals surface area contributed by atoms with Crippen LogP contribution in [-0.4, -0.2) is 39.9 Å². The van der Waals surface area contributed by atoms with Crippen LogP contribution in [0.15, 0.2) is 389 Å². The number of benzene rings is 15. The number of hydrogen-bond donors (Lipinski definition) is 0. The first-order valence-electron chi connectivity index (χ1n) is 35.5. The Hall–Kier alpha value is -14.3. The van der Waals surface area contributed by atoms with Gasteiger partial charge in [-0.05, 0) is 136 Å². The molecule has 0 saturated heterocycles. The van der Waals surface area contributed by atoms with Gasteiger partial charge in [-0.3, -0.25) is 9.97 Å². The minimum atomic E-state index is 0.631. The molecule has 0 atom stereocenters. The van der Waals surface area contributed by atoms with E-state index >= 15 is 0 Å². The number of nitrogens with zero attached hydrogens (tertiary/aromatic N) is 8. The average molecular weight is 1350 g/mol. The first-order chi connectivity index (χ1) is 52.5. The molecule has 0 fully saturated rings. The summed E-state index contributed by atoms with van der Waals surface area (Å²) in [5.74, 6) is 3.84. The van der Waals surface area contributed by atoms with Crippen molar-refractivity contribution in [3.8, 4) is 146 Å². The Bertz CT molecular complexity index is 6380. The summed E-state index contributed by atoms with van der Waals surface area (Å²) >= 11 is 0. The lowest BCUT2D eigenvalue weighted by Gasteiger charge is -2.12. The summed E-state index contributed by atoms with van der Waals surface area (Å²) in [6.07, 6.45) is 5.66. The van der Waals surface area contributed by atoms with Gasteiger partial charge in [0.2, 0.25) is 0 Å². The Balaban J connectivity index is 0.000000151. The van der Waals surface area contributed by atoms with Crippen molar-refractivity contribution >= 4 is 43.2 Å². The number of pyridine rings is 2. The van der Waals surface area contributed by atoms with Crippen LogP contribution in [0, 0.1) is 0 Å². The third kappa shape index (κ3) is 13.2. The first-order valence-corrected chi connectivity index (χ1v) is 35.5. The molecule has 15 aromatic carbocycles. The van der Waals surface area contributed by atoms with Crippen LogP contribution >= 0.6 is 0 Å². The van der Waals surface area contributed by atoms with Crippen molar-refractivity contribution < 1.29 is 0 Å². The first kappa shape index (κ1) is 63.8. The van der Waals surface area contributed by atoms with Gasteiger partial charge >= 0.3 is 0 Å². The Kier molecular flexibility index (Phi) is 17.2. The normalized spacial score (nSPS) is 11.2. The van der Waals surface area contributed by atoms with Gasteiger partial charge in [-0.25, -0.2) is 29.9 Å². The Labute approximate surface area is 614 Å². The Morgan fingerprint density at radius 1 is 0.160 bits per heavy atom. The van der Waals surface area contributed by atoms with Crippen molar-refractivity contribution in [2.24, 2.45) is 0 Å². The zero-order chi connectivity index (χ0) is 70.5. The summed E-state index contributed by atoms with van der Waals surface area (Å²) in [6, 6.07) is 129. The lowest BCUT2D eigenvalue weighted by atomic mass is 9.93. The molecule has 0 saturated carbocycles. The second-order valence-electron chi connectivity index (χ2n) is 26.3. The third-order valence-corrected chi connectivity index (χ3v) is 19.6. The predicted octanol–water partition coefficient (Wildman–Crippen LogP) is 24.8. The minimum absolute atomic E-state index is 0.631. The average Bonchev–Trinajstić information content (AvgIpc) is 0.769. The zero-order valence-corrected chi connectivity index (χ0v) is 57.5. The highest BCUT2D eigenvalue weighted by Gasteiger charge is 2.18. The summed E-state index contributed by atoms with van der Waals surface area (Å²) in [5.41, 5.74) is 22.9. The Morgan fingerprint density at radius 2 is 0.491 bits per heavy atom. The van der Waals surface area contributed by atoms with Gasteiger partial charge < -0.3 is 0 Å². The van der Waals surface area contributed by atoms with Gasteiger partial charge in [-0.1, -0.05) is 334 Å². The van der Waals surface area contributed by atoms with Gasteiger partial charge in [-0.15, -0.1) is 0 Å². The molecule has 0 radical (unpaired) electrons. The van der Waals surface area contributed by atoms with Gasteiger partial charge in [0, 0.05) is 68.1 Å². The molecule has 4 aromatic heterocycles. The largest absolute Gasteiger partial charge is 0.264 e. The van der Waals surface area contributed by atoms with Crippen LogP contribution in [-0.2, 0) is 0 Å². The van der Waals surface area contributed by atoms with Crippen LogP contribution in [0.5, 0.6) is 0 Å². The summed E-state index contributed by atoms with van der Waals surface area (Å²) in [5, 5.41) is 8.31. The second-order valence-corrected chi connectivity index (χ2v) is 26.3. The molecule has 0 aliphatic heterocycles. The van der Waals surface area contributed by atoms with Crippen LogP contribution in [0.3, 0.4) is 0 Å². The summed E-state index contributed by atoms with van der Waals surface area (Å²) < 4.78 is 0. The molecule has 8 heteroatoms. The maximum Gasteiger partial charge on any atom is 0.164 e. The molecule has 0 unspecified atom stereocenters. The maximum atomic E-state index is 5.04. The highest BCUT2D eigenvalue weighted by Crippen LogP contribution is 2.39. The molecular weight excluding hydrogens is 1290 g/mol. The van der Waals surface area contributed by atoms with Crippen molar-refractivity contribution in [2.45, 2.75) is 0 Å². The smallest absolute Gasteiger partial charge is 0.164 e.